The maximum Gasteiger partial charge on any atom is 0.120 e. The molecule has 114 valence electrons. The standard InChI is InChI=1S/C17H22ClNOS/c1-4-9-19-16(17-12(5-2)8-10-21-17)14-7-6-13(20-3)11-15(14)18/h6-8,10-11,16,19H,4-5,9H2,1-3H3. The van der Waals surface area contributed by atoms with Crippen LogP contribution in [0.1, 0.15) is 42.3 Å². The van der Waals surface area contributed by atoms with E-state index in [4.69, 9.17) is 16.3 Å². The van der Waals surface area contributed by atoms with Gasteiger partial charge in [0.1, 0.15) is 5.75 Å². The van der Waals surface area contributed by atoms with Gasteiger partial charge in [0.2, 0.25) is 0 Å². The summed E-state index contributed by atoms with van der Waals surface area (Å²) < 4.78 is 5.24. The zero-order valence-electron chi connectivity index (χ0n) is 12.8. The average molecular weight is 324 g/mol. The third-order valence-corrected chi connectivity index (χ3v) is 4.89. The summed E-state index contributed by atoms with van der Waals surface area (Å²) in [5, 5.41) is 6.53. The van der Waals surface area contributed by atoms with E-state index in [-0.39, 0.29) is 6.04 Å². The third-order valence-electron chi connectivity index (χ3n) is 3.54. The Morgan fingerprint density at radius 2 is 2.10 bits per heavy atom. The molecule has 0 spiro atoms. The fraction of sp³-hybridized carbons (Fsp3) is 0.412. The summed E-state index contributed by atoms with van der Waals surface area (Å²) in [5.41, 5.74) is 2.50. The third kappa shape index (κ3) is 3.79. The Kier molecular flexibility index (Phi) is 6.09. The number of nitrogens with one attached hydrogen (secondary N) is 1. The van der Waals surface area contributed by atoms with Gasteiger partial charge in [-0.05, 0) is 54.1 Å². The van der Waals surface area contributed by atoms with E-state index in [1.54, 1.807) is 18.4 Å². The van der Waals surface area contributed by atoms with E-state index in [0.717, 1.165) is 35.7 Å². The predicted molar refractivity (Wildman–Crippen MR) is 91.8 cm³/mol. The van der Waals surface area contributed by atoms with Crippen LogP contribution in [-0.2, 0) is 6.42 Å². The number of aryl methyl sites for hydroxylation is 1. The van der Waals surface area contributed by atoms with Gasteiger partial charge in [-0.2, -0.15) is 0 Å². The molecule has 0 aliphatic carbocycles. The second-order valence-corrected chi connectivity index (χ2v) is 6.29. The molecule has 0 aliphatic heterocycles. The Labute approximate surface area is 136 Å². The highest BCUT2D eigenvalue weighted by atomic mass is 35.5. The van der Waals surface area contributed by atoms with Gasteiger partial charge in [0.25, 0.3) is 0 Å². The van der Waals surface area contributed by atoms with E-state index in [1.165, 1.54) is 10.4 Å². The van der Waals surface area contributed by atoms with Crippen molar-refractivity contribution in [3.05, 3.63) is 50.7 Å². The smallest absolute Gasteiger partial charge is 0.120 e. The monoisotopic (exact) mass is 323 g/mol. The SMILES string of the molecule is CCCNC(c1ccc(OC)cc1Cl)c1sccc1CC. The van der Waals surface area contributed by atoms with Crippen molar-refractivity contribution in [2.75, 3.05) is 13.7 Å². The molecule has 0 radical (unpaired) electrons. The highest BCUT2D eigenvalue weighted by molar-refractivity contribution is 7.10. The number of benzene rings is 1. The highest BCUT2D eigenvalue weighted by Crippen LogP contribution is 2.35. The van der Waals surface area contributed by atoms with Gasteiger partial charge >= 0.3 is 0 Å². The molecule has 2 nitrogen and oxygen atoms in total. The maximum absolute atomic E-state index is 6.48. The van der Waals surface area contributed by atoms with Crippen molar-refractivity contribution in [2.24, 2.45) is 0 Å². The van der Waals surface area contributed by atoms with Gasteiger partial charge in [-0.25, -0.2) is 0 Å². The molecule has 0 saturated carbocycles. The summed E-state index contributed by atoms with van der Waals surface area (Å²) in [7, 11) is 1.66. The molecule has 1 N–H and O–H groups in total. The Hall–Kier alpha value is -1.03. The first kappa shape index (κ1) is 16.3. The predicted octanol–water partition coefficient (Wildman–Crippen LogP) is 5.06. The van der Waals surface area contributed by atoms with Gasteiger partial charge in [0, 0.05) is 9.90 Å². The zero-order chi connectivity index (χ0) is 15.2. The summed E-state index contributed by atoms with van der Waals surface area (Å²) in [5.74, 6) is 0.792. The Bertz CT molecular complexity index is 582. The first-order valence-corrected chi connectivity index (χ1v) is 8.60. The first-order valence-electron chi connectivity index (χ1n) is 7.34. The van der Waals surface area contributed by atoms with Crippen molar-refractivity contribution < 1.29 is 4.74 Å². The minimum absolute atomic E-state index is 0.151. The van der Waals surface area contributed by atoms with E-state index in [2.05, 4.69) is 36.7 Å². The van der Waals surface area contributed by atoms with Crippen LogP contribution in [0.15, 0.2) is 29.6 Å². The molecular weight excluding hydrogens is 302 g/mol. The molecule has 0 aliphatic rings. The number of methoxy groups -OCH3 is 1. The van der Waals surface area contributed by atoms with Crippen molar-refractivity contribution in [3.63, 3.8) is 0 Å². The largest absolute Gasteiger partial charge is 0.497 e. The number of ether oxygens (including phenoxy) is 1. The van der Waals surface area contributed by atoms with Crippen molar-refractivity contribution in [1.29, 1.82) is 0 Å². The summed E-state index contributed by atoms with van der Waals surface area (Å²) in [6, 6.07) is 8.28. The van der Waals surface area contributed by atoms with Crippen LogP contribution in [0.4, 0.5) is 0 Å². The fourth-order valence-electron chi connectivity index (χ4n) is 2.39. The molecule has 0 bridgehead atoms. The number of hydrogen-bond donors (Lipinski definition) is 1. The minimum atomic E-state index is 0.151. The number of hydrogen-bond acceptors (Lipinski definition) is 3. The minimum Gasteiger partial charge on any atom is -0.497 e. The van der Waals surface area contributed by atoms with Gasteiger partial charge < -0.3 is 10.1 Å². The van der Waals surface area contributed by atoms with Crippen molar-refractivity contribution >= 4 is 22.9 Å². The normalized spacial score (nSPS) is 12.4. The Morgan fingerprint density at radius 3 is 2.71 bits per heavy atom. The average Bonchev–Trinajstić information content (AvgIpc) is 2.97. The summed E-state index contributed by atoms with van der Waals surface area (Å²) in [6.45, 7) is 5.33. The van der Waals surface area contributed by atoms with Crippen molar-refractivity contribution in [3.8, 4) is 5.75 Å². The van der Waals surface area contributed by atoms with Gasteiger partial charge in [-0.3, -0.25) is 0 Å². The molecule has 21 heavy (non-hydrogen) atoms. The van der Waals surface area contributed by atoms with Crippen LogP contribution in [0.3, 0.4) is 0 Å². The topological polar surface area (TPSA) is 21.3 Å². The van der Waals surface area contributed by atoms with Crippen LogP contribution in [-0.4, -0.2) is 13.7 Å². The molecule has 4 heteroatoms. The van der Waals surface area contributed by atoms with Crippen LogP contribution in [0.25, 0.3) is 0 Å². The van der Waals surface area contributed by atoms with E-state index >= 15 is 0 Å². The van der Waals surface area contributed by atoms with Crippen LogP contribution in [0, 0.1) is 0 Å². The molecule has 0 fully saturated rings. The highest BCUT2D eigenvalue weighted by Gasteiger charge is 2.20. The van der Waals surface area contributed by atoms with Crippen molar-refractivity contribution in [2.45, 2.75) is 32.7 Å². The van der Waals surface area contributed by atoms with Gasteiger partial charge in [0.15, 0.2) is 0 Å². The molecule has 1 heterocycles. The molecule has 2 rings (SSSR count). The summed E-state index contributed by atoms with van der Waals surface area (Å²) >= 11 is 8.27. The summed E-state index contributed by atoms with van der Waals surface area (Å²) in [6.07, 6.45) is 2.13. The lowest BCUT2D eigenvalue weighted by Gasteiger charge is -2.21. The molecule has 0 amide bonds. The van der Waals surface area contributed by atoms with E-state index in [0.29, 0.717) is 0 Å². The van der Waals surface area contributed by atoms with E-state index < -0.39 is 0 Å². The number of rotatable bonds is 7. The zero-order valence-corrected chi connectivity index (χ0v) is 14.4. The lowest BCUT2D eigenvalue weighted by atomic mass is 10.0. The van der Waals surface area contributed by atoms with E-state index in [1.807, 2.05) is 12.1 Å². The molecule has 2 aromatic rings. The molecule has 0 saturated heterocycles. The lowest BCUT2D eigenvalue weighted by Crippen LogP contribution is -2.23. The molecule has 1 aromatic carbocycles. The second kappa shape index (κ2) is 7.83. The number of halogens is 1. The van der Waals surface area contributed by atoms with Gasteiger partial charge in [0.05, 0.1) is 13.2 Å². The van der Waals surface area contributed by atoms with Gasteiger partial charge in [-0.1, -0.05) is 31.5 Å². The molecule has 1 unspecified atom stereocenters. The van der Waals surface area contributed by atoms with Crippen LogP contribution in [0.2, 0.25) is 5.02 Å². The molecule has 1 aromatic heterocycles. The Morgan fingerprint density at radius 1 is 1.29 bits per heavy atom. The van der Waals surface area contributed by atoms with Crippen LogP contribution >= 0.6 is 22.9 Å². The quantitative estimate of drug-likeness (QED) is 0.768. The Balaban J connectivity index is 2.40. The van der Waals surface area contributed by atoms with Gasteiger partial charge in [-0.15, -0.1) is 11.3 Å². The van der Waals surface area contributed by atoms with Crippen LogP contribution in [0.5, 0.6) is 5.75 Å². The second-order valence-electron chi connectivity index (χ2n) is 4.94. The fourth-order valence-corrected chi connectivity index (χ4v) is 3.76. The molecule has 1 atom stereocenters. The summed E-state index contributed by atoms with van der Waals surface area (Å²) in [4.78, 5) is 1.36. The van der Waals surface area contributed by atoms with E-state index in [9.17, 15) is 0 Å². The first-order chi connectivity index (χ1) is 10.2. The van der Waals surface area contributed by atoms with Crippen molar-refractivity contribution in [1.82, 2.24) is 5.32 Å². The lowest BCUT2D eigenvalue weighted by molar-refractivity contribution is 0.414. The molecular formula is C17H22ClNOS. The number of thiophene rings is 1. The van der Waals surface area contributed by atoms with Crippen LogP contribution < -0.4 is 10.1 Å². The maximum atomic E-state index is 6.48.